The third kappa shape index (κ3) is 9.55. The first kappa shape index (κ1) is 26.7. The fourth-order valence-corrected chi connectivity index (χ4v) is 5.18. The van der Waals surface area contributed by atoms with Crippen LogP contribution in [0.25, 0.3) is 0 Å². The fourth-order valence-electron chi connectivity index (χ4n) is 3.89. The van der Waals surface area contributed by atoms with Gasteiger partial charge in [-0.3, -0.25) is 9.59 Å². The van der Waals surface area contributed by atoms with E-state index in [1.807, 2.05) is 13.8 Å². The van der Waals surface area contributed by atoms with Gasteiger partial charge in [-0.2, -0.15) is 0 Å². The summed E-state index contributed by atoms with van der Waals surface area (Å²) in [5, 5.41) is 5.95. The molecule has 0 spiro atoms. The van der Waals surface area contributed by atoms with Crippen LogP contribution in [-0.4, -0.2) is 35.2 Å². The quantitative estimate of drug-likeness (QED) is 0.366. The molecule has 32 heavy (non-hydrogen) atoms. The first-order valence-electron chi connectivity index (χ1n) is 11.4. The molecule has 2 atom stereocenters. The van der Waals surface area contributed by atoms with Crippen LogP contribution in [0.1, 0.15) is 65.2 Å². The lowest BCUT2D eigenvalue weighted by atomic mass is 10.0. The van der Waals surface area contributed by atoms with E-state index in [0.717, 1.165) is 18.9 Å². The number of amides is 2. The van der Waals surface area contributed by atoms with Gasteiger partial charge in [-0.1, -0.05) is 38.3 Å². The van der Waals surface area contributed by atoms with Crippen molar-refractivity contribution >= 4 is 34.4 Å². The molecule has 0 aromatic heterocycles. The Bertz CT molecular complexity index is 788. The molecule has 2 amide bonds. The van der Waals surface area contributed by atoms with Gasteiger partial charge in [-0.15, -0.1) is 0 Å². The van der Waals surface area contributed by atoms with Crippen LogP contribution in [0.2, 0.25) is 5.02 Å². The van der Waals surface area contributed by atoms with E-state index in [1.165, 1.54) is 25.0 Å². The molecular formula is C23H35ClFN3O3S. The third-order valence-corrected chi connectivity index (χ3v) is 7.18. The van der Waals surface area contributed by atoms with E-state index in [0.29, 0.717) is 49.6 Å². The summed E-state index contributed by atoms with van der Waals surface area (Å²) in [5.74, 6) is 0.0597. The molecule has 0 heterocycles. The largest absolute Gasteiger partial charge is 0.354 e. The highest BCUT2D eigenvalue weighted by Crippen LogP contribution is 2.27. The topological polar surface area (TPSA) is 87.3 Å². The molecule has 9 heteroatoms. The van der Waals surface area contributed by atoms with E-state index in [4.69, 9.17) is 11.6 Å². The maximum Gasteiger partial charge on any atom is 0.242 e. The predicted molar refractivity (Wildman–Crippen MR) is 126 cm³/mol. The number of hydrogen-bond acceptors (Lipinski definition) is 3. The van der Waals surface area contributed by atoms with Crippen LogP contribution < -0.4 is 15.4 Å². The summed E-state index contributed by atoms with van der Waals surface area (Å²) in [4.78, 5) is 25.3. The molecule has 2 unspecified atom stereocenters. The maximum atomic E-state index is 13.1. The molecule has 0 aliphatic heterocycles. The molecule has 0 radical (unpaired) electrons. The van der Waals surface area contributed by atoms with Gasteiger partial charge >= 0.3 is 0 Å². The molecule has 1 aliphatic rings. The van der Waals surface area contributed by atoms with Crippen LogP contribution in [0, 0.1) is 17.7 Å². The molecule has 1 saturated carbocycles. The van der Waals surface area contributed by atoms with Gasteiger partial charge in [0.05, 0.1) is 9.92 Å². The summed E-state index contributed by atoms with van der Waals surface area (Å²) >= 11 is 5.92. The Morgan fingerprint density at radius 2 is 1.88 bits per heavy atom. The average molecular weight is 488 g/mol. The summed E-state index contributed by atoms with van der Waals surface area (Å²) < 4.78 is 28.2. The molecule has 1 aromatic rings. The smallest absolute Gasteiger partial charge is 0.242 e. The van der Waals surface area contributed by atoms with Crippen LogP contribution in [0.5, 0.6) is 0 Å². The summed E-state index contributed by atoms with van der Waals surface area (Å²) in [5.41, 5.74) is 0. The molecule has 3 N–H and O–H groups in total. The highest BCUT2D eigenvalue weighted by molar-refractivity contribution is 7.83. The SMILES string of the molecule is CC(C)CC(NC(=O)CC1CCCC1)C(=O)NCCCCNS(=O)c1ccc(F)cc1Cl. The van der Waals surface area contributed by atoms with Crippen molar-refractivity contribution in [2.45, 2.75) is 76.2 Å². The van der Waals surface area contributed by atoms with Gasteiger partial charge in [-0.25, -0.2) is 13.3 Å². The van der Waals surface area contributed by atoms with E-state index >= 15 is 0 Å². The molecule has 2 rings (SSSR count). The Labute approximate surface area is 198 Å². The number of hydrogen-bond donors (Lipinski definition) is 3. The Kier molecular flexibility index (Phi) is 11.6. The Hall–Kier alpha value is -1.51. The molecule has 0 bridgehead atoms. The monoisotopic (exact) mass is 487 g/mol. The minimum Gasteiger partial charge on any atom is -0.354 e. The van der Waals surface area contributed by atoms with Crippen molar-refractivity contribution in [1.82, 2.24) is 15.4 Å². The van der Waals surface area contributed by atoms with E-state index in [-0.39, 0.29) is 22.8 Å². The number of carbonyl (C=O) groups excluding carboxylic acids is 2. The van der Waals surface area contributed by atoms with Crippen LogP contribution in [0.4, 0.5) is 4.39 Å². The van der Waals surface area contributed by atoms with Crippen LogP contribution >= 0.6 is 11.6 Å². The lowest BCUT2D eigenvalue weighted by Gasteiger charge is -2.21. The molecule has 180 valence electrons. The van der Waals surface area contributed by atoms with Gasteiger partial charge in [0.2, 0.25) is 11.8 Å². The highest BCUT2D eigenvalue weighted by atomic mass is 35.5. The first-order chi connectivity index (χ1) is 15.3. The molecule has 1 aromatic carbocycles. The van der Waals surface area contributed by atoms with Crippen LogP contribution in [0.3, 0.4) is 0 Å². The number of nitrogens with one attached hydrogen (secondary N) is 3. The number of benzene rings is 1. The molecule has 1 fully saturated rings. The van der Waals surface area contributed by atoms with E-state index in [2.05, 4.69) is 15.4 Å². The standard InChI is InChI=1S/C23H35ClFN3O3S/c1-16(2)13-20(28-22(29)14-17-7-3-4-8-17)23(30)26-11-5-6-12-27-32(31)21-10-9-18(25)15-19(21)24/h9-10,15-17,20,27H,3-8,11-14H2,1-2H3,(H,26,30)(H,28,29). The fraction of sp³-hybridized carbons (Fsp3) is 0.652. The predicted octanol–water partition coefficient (Wildman–Crippen LogP) is 4.10. The van der Waals surface area contributed by atoms with Crippen LogP contribution in [0.15, 0.2) is 23.1 Å². The van der Waals surface area contributed by atoms with Gasteiger partial charge in [0, 0.05) is 19.5 Å². The van der Waals surface area contributed by atoms with Gasteiger partial charge in [0.1, 0.15) is 22.8 Å². The maximum absolute atomic E-state index is 13.1. The van der Waals surface area contributed by atoms with Crippen molar-refractivity contribution in [1.29, 1.82) is 0 Å². The van der Waals surface area contributed by atoms with Crippen molar-refractivity contribution < 1.29 is 18.2 Å². The molecular weight excluding hydrogens is 453 g/mol. The Morgan fingerprint density at radius 1 is 1.19 bits per heavy atom. The second kappa shape index (κ2) is 13.9. The van der Waals surface area contributed by atoms with Gasteiger partial charge in [-0.05, 0) is 62.1 Å². The van der Waals surface area contributed by atoms with Crippen LogP contribution in [-0.2, 0) is 20.6 Å². The van der Waals surface area contributed by atoms with Gasteiger partial charge in [0.15, 0.2) is 0 Å². The number of rotatable bonds is 13. The van der Waals surface area contributed by atoms with Crippen molar-refractivity contribution in [2.75, 3.05) is 13.1 Å². The van der Waals surface area contributed by atoms with E-state index in [1.54, 1.807) is 0 Å². The lowest BCUT2D eigenvalue weighted by Crippen LogP contribution is -2.47. The molecule has 6 nitrogen and oxygen atoms in total. The number of carbonyl (C=O) groups is 2. The van der Waals surface area contributed by atoms with Crippen molar-refractivity contribution in [3.05, 3.63) is 29.0 Å². The molecule has 0 saturated heterocycles. The first-order valence-corrected chi connectivity index (χ1v) is 13.0. The lowest BCUT2D eigenvalue weighted by molar-refractivity contribution is -0.129. The zero-order valence-corrected chi connectivity index (χ0v) is 20.5. The third-order valence-electron chi connectivity index (χ3n) is 5.54. The highest BCUT2D eigenvalue weighted by Gasteiger charge is 2.24. The zero-order valence-electron chi connectivity index (χ0n) is 18.9. The Morgan fingerprint density at radius 3 is 2.53 bits per heavy atom. The zero-order chi connectivity index (χ0) is 23.5. The van der Waals surface area contributed by atoms with Gasteiger partial charge in [0.25, 0.3) is 0 Å². The number of halogens is 2. The number of unbranched alkanes of at least 4 members (excludes halogenated alkanes) is 1. The summed E-state index contributed by atoms with van der Waals surface area (Å²) in [6, 6.07) is 3.23. The normalized spacial score (nSPS) is 16.2. The van der Waals surface area contributed by atoms with Gasteiger partial charge < -0.3 is 10.6 Å². The average Bonchev–Trinajstić information content (AvgIpc) is 3.22. The van der Waals surface area contributed by atoms with Crippen molar-refractivity contribution in [3.8, 4) is 0 Å². The molecule has 1 aliphatic carbocycles. The summed E-state index contributed by atoms with van der Waals surface area (Å²) in [6.45, 7) is 4.99. The summed E-state index contributed by atoms with van der Waals surface area (Å²) in [7, 11) is -1.52. The van der Waals surface area contributed by atoms with E-state index < -0.39 is 22.8 Å². The van der Waals surface area contributed by atoms with Crippen molar-refractivity contribution in [3.63, 3.8) is 0 Å². The second-order valence-electron chi connectivity index (χ2n) is 8.84. The van der Waals surface area contributed by atoms with Crippen molar-refractivity contribution in [2.24, 2.45) is 11.8 Å². The minimum absolute atomic E-state index is 0.0381. The summed E-state index contributed by atoms with van der Waals surface area (Å²) in [6.07, 6.45) is 7.05. The minimum atomic E-state index is -1.52. The second-order valence-corrected chi connectivity index (χ2v) is 10.5. The van der Waals surface area contributed by atoms with E-state index in [9.17, 15) is 18.2 Å². The Balaban J connectivity index is 1.68.